The lowest BCUT2D eigenvalue weighted by molar-refractivity contribution is 0.0412. The summed E-state index contributed by atoms with van der Waals surface area (Å²) in [6, 6.07) is 19.2. The maximum Gasteiger partial charge on any atom is 0.419 e. The first-order valence-corrected chi connectivity index (χ1v) is 9.26. The number of aryl methyl sites for hydroxylation is 1. The Bertz CT molecular complexity index is 962. The third kappa shape index (κ3) is 3.28. The average Bonchev–Trinajstić information content (AvgIpc) is 2.62. The highest BCUT2D eigenvalue weighted by Crippen LogP contribution is 2.41. The number of halogens is 1. The van der Waals surface area contributed by atoms with Crippen molar-refractivity contribution in [2.24, 2.45) is 0 Å². The fraction of sp³-hybridized carbons (Fsp3) is 0.100. The lowest BCUT2D eigenvalue weighted by atomic mass is 10.2. The number of aromatic nitrogens is 1. The first-order chi connectivity index (χ1) is 12.6. The van der Waals surface area contributed by atoms with Gasteiger partial charge in [0.25, 0.3) is 0 Å². The third-order valence-electron chi connectivity index (χ3n) is 4.03. The largest absolute Gasteiger partial charge is 0.420 e. The van der Waals surface area contributed by atoms with Crippen molar-refractivity contribution in [1.29, 1.82) is 0 Å². The SMILES string of the molecule is Cc1ccc(Sc2ncccc2C2OC(=O)N2c2cccc(Cl)c2)cc1. The summed E-state index contributed by atoms with van der Waals surface area (Å²) in [7, 11) is 0. The van der Waals surface area contributed by atoms with Crippen LogP contribution < -0.4 is 4.90 Å². The molecule has 1 aliphatic rings. The van der Waals surface area contributed by atoms with Crippen molar-refractivity contribution < 1.29 is 9.53 Å². The van der Waals surface area contributed by atoms with Crippen LogP contribution in [0.25, 0.3) is 0 Å². The van der Waals surface area contributed by atoms with Gasteiger partial charge in [-0.25, -0.2) is 14.7 Å². The molecule has 6 heteroatoms. The smallest absolute Gasteiger partial charge is 0.419 e. The summed E-state index contributed by atoms with van der Waals surface area (Å²) in [6.07, 6.45) is 0.833. The Morgan fingerprint density at radius 3 is 2.65 bits per heavy atom. The molecule has 0 N–H and O–H groups in total. The Morgan fingerprint density at radius 1 is 1.12 bits per heavy atom. The van der Waals surface area contributed by atoms with Crippen molar-refractivity contribution in [3.05, 3.63) is 83.0 Å². The molecule has 3 aromatic rings. The third-order valence-corrected chi connectivity index (χ3v) is 5.31. The number of carbonyl (C=O) groups excluding carboxylic acids is 1. The monoisotopic (exact) mass is 382 g/mol. The van der Waals surface area contributed by atoms with E-state index in [0.29, 0.717) is 10.7 Å². The van der Waals surface area contributed by atoms with E-state index >= 15 is 0 Å². The Hall–Kier alpha value is -2.50. The molecule has 0 saturated carbocycles. The second kappa shape index (κ2) is 7.02. The highest BCUT2D eigenvalue weighted by Gasteiger charge is 2.42. The van der Waals surface area contributed by atoms with Gasteiger partial charge in [0.05, 0.1) is 5.69 Å². The molecule has 0 radical (unpaired) electrons. The van der Waals surface area contributed by atoms with Crippen molar-refractivity contribution in [2.45, 2.75) is 23.1 Å². The van der Waals surface area contributed by atoms with E-state index in [0.717, 1.165) is 15.5 Å². The van der Waals surface area contributed by atoms with Gasteiger partial charge in [0.2, 0.25) is 6.23 Å². The van der Waals surface area contributed by atoms with Crippen LogP contribution in [0.15, 0.2) is 76.8 Å². The van der Waals surface area contributed by atoms with Crippen LogP contribution in [0.5, 0.6) is 0 Å². The zero-order valence-corrected chi connectivity index (χ0v) is 15.5. The van der Waals surface area contributed by atoms with Gasteiger partial charge in [0.15, 0.2) is 0 Å². The molecular formula is C20H15ClN2O2S. The van der Waals surface area contributed by atoms with E-state index in [-0.39, 0.29) is 0 Å². The Morgan fingerprint density at radius 2 is 1.92 bits per heavy atom. The minimum absolute atomic E-state index is 0.396. The van der Waals surface area contributed by atoms with Crippen LogP contribution in [-0.2, 0) is 4.74 Å². The first kappa shape index (κ1) is 16.9. The van der Waals surface area contributed by atoms with Crippen molar-refractivity contribution in [2.75, 3.05) is 4.90 Å². The van der Waals surface area contributed by atoms with Gasteiger partial charge in [0.1, 0.15) is 5.03 Å². The average molecular weight is 383 g/mol. The number of carbonyl (C=O) groups is 1. The van der Waals surface area contributed by atoms with E-state index in [2.05, 4.69) is 36.2 Å². The van der Waals surface area contributed by atoms with Crippen LogP contribution in [0.3, 0.4) is 0 Å². The molecule has 2 heterocycles. The summed E-state index contributed by atoms with van der Waals surface area (Å²) in [5, 5.41) is 1.38. The fourth-order valence-corrected chi connectivity index (χ4v) is 3.80. The van der Waals surface area contributed by atoms with Gasteiger partial charge in [-0.2, -0.15) is 0 Å². The van der Waals surface area contributed by atoms with Crippen LogP contribution in [-0.4, -0.2) is 11.1 Å². The molecule has 1 amide bonds. The predicted octanol–water partition coefficient (Wildman–Crippen LogP) is 5.85. The summed E-state index contributed by atoms with van der Waals surface area (Å²) in [5.41, 5.74) is 2.75. The van der Waals surface area contributed by atoms with Crippen LogP contribution in [0, 0.1) is 6.92 Å². The maximum atomic E-state index is 12.1. The predicted molar refractivity (Wildman–Crippen MR) is 103 cm³/mol. The van der Waals surface area contributed by atoms with Gasteiger partial charge < -0.3 is 4.74 Å². The minimum Gasteiger partial charge on any atom is -0.420 e. The summed E-state index contributed by atoms with van der Waals surface area (Å²) < 4.78 is 5.42. The van der Waals surface area contributed by atoms with E-state index in [4.69, 9.17) is 16.3 Å². The van der Waals surface area contributed by atoms with Crippen LogP contribution >= 0.6 is 23.4 Å². The fourth-order valence-electron chi connectivity index (χ4n) is 2.72. The Balaban J connectivity index is 1.65. The highest BCUT2D eigenvalue weighted by molar-refractivity contribution is 7.99. The first-order valence-electron chi connectivity index (χ1n) is 8.07. The van der Waals surface area contributed by atoms with Crippen molar-refractivity contribution in [3.8, 4) is 0 Å². The molecule has 4 rings (SSSR count). The van der Waals surface area contributed by atoms with Gasteiger partial charge in [-0.3, -0.25) is 0 Å². The van der Waals surface area contributed by atoms with Gasteiger partial charge >= 0.3 is 6.09 Å². The maximum absolute atomic E-state index is 12.1. The standard InChI is InChI=1S/C20H15ClN2O2S/c1-13-7-9-16(10-8-13)26-18-17(6-3-11-22-18)19-23(20(24)25-19)15-5-2-4-14(21)12-15/h2-12,19H,1H3. The molecule has 1 aliphatic heterocycles. The van der Waals surface area contributed by atoms with Crippen LogP contribution in [0.2, 0.25) is 5.02 Å². The molecule has 0 spiro atoms. The summed E-state index contributed by atoms with van der Waals surface area (Å²) in [5.74, 6) is 0. The molecule has 0 aliphatic carbocycles. The topological polar surface area (TPSA) is 42.4 Å². The van der Waals surface area contributed by atoms with Crippen molar-refractivity contribution in [3.63, 3.8) is 0 Å². The molecule has 1 aromatic heterocycles. The van der Waals surface area contributed by atoms with Gasteiger partial charge in [0, 0.05) is 21.7 Å². The number of amides is 1. The Labute approximate surface area is 160 Å². The van der Waals surface area contributed by atoms with Crippen LogP contribution in [0.4, 0.5) is 10.5 Å². The molecule has 1 saturated heterocycles. The van der Waals surface area contributed by atoms with E-state index in [1.807, 2.05) is 24.3 Å². The lowest BCUT2D eigenvalue weighted by Gasteiger charge is -2.40. The highest BCUT2D eigenvalue weighted by atomic mass is 35.5. The number of benzene rings is 2. The van der Waals surface area contributed by atoms with E-state index < -0.39 is 12.3 Å². The molecule has 0 bridgehead atoms. The molecule has 4 nitrogen and oxygen atoms in total. The Kier molecular flexibility index (Phi) is 4.57. The molecule has 2 aromatic carbocycles. The molecule has 1 atom stereocenters. The summed E-state index contributed by atoms with van der Waals surface area (Å²) in [4.78, 5) is 19.2. The van der Waals surface area contributed by atoms with E-state index in [9.17, 15) is 4.79 Å². The number of ether oxygens (including phenoxy) is 1. The van der Waals surface area contributed by atoms with Gasteiger partial charge in [-0.15, -0.1) is 0 Å². The normalized spacial score (nSPS) is 16.2. The number of cyclic esters (lactones) is 1. The summed E-state index contributed by atoms with van der Waals surface area (Å²) >= 11 is 7.61. The van der Waals surface area contributed by atoms with Gasteiger partial charge in [-0.1, -0.05) is 47.1 Å². The summed E-state index contributed by atoms with van der Waals surface area (Å²) in [6.45, 7) is 2.05. The van der Waals surface area contributed by atoms with E-state index in [1.165, 1.54) is 5.56 Å². The van der Waals surface area contributed by atoms with Crippen molar-refractivity contribution in [1.82, 2.24) is 4.98 Å². The van der Waals surface area contributed by atoms with E-state index in [1.54, 1.807) is 35.0 Å². The van der Waals surface area contributed by atoms with Gasteiger partial charge in [-0.05, 0) is 49.4 Å². The molecule has 130 valence electrons. The zero-order chi connectivity index (χ0) is 18.1. The lowest BCUT2D eigenvalue weighted by Crippen LogP contribution is -2.48. The zero-order valence-electron chi connectivity index (χ0n) is 13.9. The molecule has 1 fully saturated rings. The second-order valence-corrected chi connectivity index (χ2v) is 7.40. The number of rotatable bonds is 4. The molecule has 1 unspecified atom stereocenters. The molecule has 26 heavy (non-hydrogen) atoms. The second-order valence-electron chi connectivity index (χ2n) is 5.90. The molecular weight excluding hydrogens is 368 g/mol. The number of hydrogen-bond donors (Lipinski definition) is 0. The van der Waals surface area contributed by atoms with Crippen LogP contribution in [0.1, 0.15) is 17.4 Å². The minimum atomic E-state index is -0.511. The number of nitrogens with zero attached hydrogens (tertiary/aromatic N) is 2. The number of hydrogen-bond acceptors (Lipinski definition) is 4. The number of pyridine rings is 1. The number of anilines is 1. The quantitative estimate of drug-likeness (QED) is 0.567. The van der Waals surface area contributed by atoms with Crippen molar-refractivity contribution >= 4 is 35.1 Å².